The van der Waals surface area contributed by atoms with Crippen molar-refractivity contribution in [1.82, 2.24) is 9.80 Å². The highest BCUT2D eigenvalue weighted by atomic mass is 16.5. The van der Waals surface area contributed by atoms with Gasteiger partial charge in [-0.2, -0.15) is 5.26 Å². The van der Waals surface area contributed by atoms with Gasteiger partial charge in [0.15, 0.2) is 6.61 Å². The molecule has 122 valence electrons. The van der Waals surface area contributed by atoms with Gasteiger partial charge in [0.05, 0.1) is 5.56 Å². The smallest absolute Gasteiger partial charge is 0.260 e. The maximum absolute atomic E-state index is 12.3. The number of hydrogen-bond donors (Lipinski definition) is 0. The van der Waals surface area contributed by atoms with Crippen molar-refractivity contribution in [2.24, 2.45) is 0 Å². The predicted octanol–water partition coefficient (Wildman–Crippen LogP) is 2.02. The number of nitriles is 1. The van der Waals surface area contributed by atoms with Crippen LogP contribution in [0.5, 0.6) is 5.75 Å². The third-order valence-corrected chi connectivity index (χ3v) is 4.87. The summed E-state index contributed by atoms with van der Waals surface area (Å²) in [6.45, 7) is 3.48. The molecule has 2 fully saturated rings. The molecule has 1 saturated heterocycles. The predicted molar refractivity (Wildman–Crippen MR) is 87.1 cm³/mol. The fraction of sp³-hybridized carbons (Fsp3) is 0.556. The first-order chi connectivity index (χ1) is 11.3. The van der Waals surface area contributed by atoms with Gasteiger partial charge >= 0.3 is 0 Å². The molecule has 1 aromatic rings. The first-order valence-electron chi connectivity index (χ1n) is 8.41. The maximum Gasteiger partial charge on any atom is 0.260 e. The monoisotopic (exact) mass is 313 g/mol. The Bertz CT molecular complexity index is 582. The molecule has 5 nitrogen and oxygen atoms in total. The first-order valence-corrected chi connectivity index (χ1v) is 8.41. The molecule has 1 saturated carbocycles. The summed E-state index contributed by atoms with van der Waals surface area (Å²) >= 11 is 0. The molecule has 0 N–H and O–H groups in total. The molecule has 1 aliphatic carbocycles. The number of amides is 1. The van der Waals surface area contributed by atoms with Crippen molar-refractivity contribution in [1.29, 1.82) is 5.26 Å². The fourth-order valence-corrected chi connectivity index (χ4v) is 3.52. The second-order valence-corrected chi connectivity index (χ2v) is 6.25. The molecular weight excluding hydrogens is 290 g/mol. The number of ether oxygens (including phenoxy) is 1. The van der Waals surface area contributed by atoms with Crippen LogP contribution in [0.2, 0.25) is 0 Å². The summed E-state index contributed by atoms with van der Waals surface area (Å²) in [6.07, 6.45) is 5.30. The number of rotatable bonds is 4. The van der Waals surface area contributed by atoms with Crippen molar-refractivity contribution >= 4 is 5.91 Å². The van der Waals surface area contributed by atoms with E-state index in [-0.39, 0.29) is 12.5 Å². The molecule has 0 atom stereocenters. The van der Waals surface area contributed by atoms with Crippen LogP contribution >= 0.6 is 0 Å². The van der Waals surface area contributed by atoms with E-state index in [1.807, 2.05) is 4.90 Å². The van der Waals surface area contributed by atoms with Crippen LogP contribution in [0.15, 0.2) is 24.3 Å². The summed E-state index contributed by atoms with van der Waals surface area (Å²) in [5, 5.41) is 9.03. The van der Waals surface area contributed by atoms with Crippen molar-refractivity contribution in [3.8, 4) is 11.8 Å². The molecule has 2 aliphatic rings. The standard InChI is InChI=1S/C18H23N3O2/c19-13-15-5-1-4-8-17(15)23-14-18(22)21-11-9-20(10-12-21)16-6-2-3-7-16/h1,4-5,8,16H,2-3,6-7,9-12,14H2. The van der Waals surface area contributed by atoms with Crippen LogP contribution in [0.3, 0.4) is 0 Å². The van der Waals surface area contributed by atoms with Gasteiger partial charge in [-0.1, -0.05) is 25.0 Å². The zero-order valence-electron chi connectivity index (χ0n) is 13.4. The van der Waals surface area contributed by atoms with Crippen molar-refractivity contribution in [3.63, 3.8) is 0 Å². The fourth-order valence-electron chi connectivity index (χ4n) is 3.52. The summed E-state index contributed by atoms with van der Waals surface area (Å²) in [4.78, 5) is 16.7. The van der Waals surface area contributed by atoms with Gasteiger partial charge < -0.3 is 9.64 Å². The highest BCUT2D eigenvalue weighted by Crippen LogP contribution is 2.24. The van der Waals surface area contributed by atoms with Gasteiger partial charge in [-0.25, -0.2) is 0 Å². The van der Waals surface area contributed by atoms with Gasteiger partial charge in [-0.15, -0.1) is 0 Å². The summed E-state index contributed by atoms with van der Waals surface area (Å²) in [6, 6.07) is 9.82. The molecule has 1 aliphatic heterocycles. The van der Waals surface area contributed by atoms with E-state index < -0.39 is 0 Å². The minimum Gasteiger partial charge on any atom is -0.482 e. The number of nitrogens with zero attached hydrogens (tertiary/aromatic N) is 3. The average Bonchev–Trinajstić information content (AvgIpc) is 3.14. The van der Waals surface area contributed by atoms with E-state index in [9.17, 15) is 4.79 Å². The molecule has 0 bridgehead atoms. The Hall–Kier alpha value is -2.06. The first kappa shape index (κ1) is 15.8. The number of carbonyl (C=O) groups is 1. The van der Waals surface area contributed by atoms with Gasteiger partial charge in [-0.3, -0.25) is 9.69 Å². The van der Waals surface area contributed by atoms with E-state index in [0.29, 0.717) is 11.3 Å². The van der Waals surface area contributed by atoms with Gasteiger partial charge in [0, 0.05) is 32.2 Å². The van der Waals surface area contributed by atoms with Gasteiger partial charge in [0.2, 0.25) is 0 Å². The van der Waals surface area contributed by atoms with Crippen molar-refractivity contribution in [2.45, 2.75) is 31.7 Å². The van der Waals surface area contributed by atoms with E-state index in [2.05, 4.69) is 11.0 Å². The second kappa shape index (κ2) is 7.47. The topological polar surface area (TPSA) is 56.6 Å². The Kier molecular flexibility index (Phi) is 5.14. The quantitative estimate of drug-likeness (QED) is 0.853. The van der Waals surface area contributed by atoms with E-state index in [1.54, 1.807) is 24.3 Å². The van der Waals surface area contributed by atoms with Crippen LogP contribution in [-0.2, 0) is 4.79 Å². The Morgan fingerprint density at radius 2 is 1.87 bits per heavy atom. The zero-order valence-corrected chi connectivity index (χ0v) is 13.4. The molecule has 0 unspecified atom stereocenters. The highest BCUT2D eigenvalue weighted by molar-refractivity contribution is 5.78. The normalized spacial score (nSPS) is 19.5. The van der Waals surface area contributed by atoms with Crippen LogP contribution in [0.1, 0.15) is 31.2 Å². The number of para-hydroxylation sites is 1. The summed E-state index contributed by atoms with van der Waals surface area (Å²) < 4.78 is 5.54. The van der Waals surface area contributed by atoms with Crippen LogP contribution < -0.4 is 4.74 Å². The molecular formula is C18H23N3O2. The third kappa shape index (κ3) is 3.83. The van der Waals surface area contributed by atoms with E-state index in [0.717, 1.165) is 32.2 Å². The lowest BCUT2D eigenvalue weighted by Gasteiger charge is -2.38. The largest absolute Gasteiger partial charge is 0.482 e. The summed E-state index contributed by atoms with van der Waals surface area (Å²) in [5.74, 6) is 0.483. The molecule has 1 amide bonds. The minimum atomic E-state index is 0.00211. The third-order valence-electron chi connectivity index (χ3n) is 4.87. The lowest BCUT2D eigenvalue weighted by molar-refractivity contribution is -0.135. The SMILES string of the molecule is N#Cc1ccccc1OCC(=O)N1CCN(C2CCCC2)CC1. The molecule has 0 spiro atoms. The van der Waals surface area contributed by atoms with Crippen molar-refractivity contribution in [2.75, 3.05) is 32.8 Å². The molecule has 0 radical (unpaired) electrons. The van der Waals surface area contributed by atoms with Gasteiger partial charge in [-0.05, 0) is 25.0 Å². The summed E-state index contributed by atoms with van der Waals surface area (Å²) in [5.41, 5.74) is 0.464. The number of piperazine rings is 1. The van der Waals surface area contributed by atoms with Crippen LogP contribution in [0, 0.1) is 11.3 Å². The molecule has 23 heavy (non-hydrogen) atoms. The highest BCUT2D eigenvalue weighted by Gasteiger charge is 2.27. The lowest BCUT2D eigenvalue weighted by atomic mass is 10.2. The van der Waals surface area contributed by atoms with Crippen LogP contribution in [-0.4, -0.2) is 54.5 Å². The molecule has 3 rings (SSSR count). The number of carbonyl (C=O) groups excluding carboxylic acids is 1. The zero-order chi connectivity index (χ0) is 16.1. The Morgan fingerprint density at radius 3 is 2.57 bits per heavy atom. The average molecular weight is 313 g/mol. The maximum atomic E-state index is 12.3. The van der Waals surface area contributed by atoms with Crippen molar-refractivity contribution < 1.29 is 9.53 Å². The Balaban J connectivity index is 1.47. The molecule has 0 aromatic heterocycles. The Morgan fingerprint density at radius 1 is 1.17 bits per heavy atom. The van der Waals surface area contributed by atoms with Gasteiger partial charge in [0.1, 0.15) is 11.8 Å². The van der Waals surface area contributed by atoms with E-state index in [4.69, 9.17) is 10.00 Å². The van der Waals surface area contributed by atoms with E-state index in [1.165, 1.54) is 25.7 Å². The van der Waals surface area contributed by atoms with Gasteiger partial charge in [0.25, 0.3) is 5.91 Å². The molecule has 1 aromatic carbocycles. The van der Waals surface area contributed by atoms with Crippen LogP contribution in [0.25, 0.3) is 0 Å². The number of hydrogen-bond acceptors (Lipinski definition) is 4. The minimum absolute atomic E-state index is 0.00211. The molecule has 1 heterocycles. The van der Waals surface area contributed by atoms with Crippen molar-refractivity contribution in [3.05, 3.63) is 29.8 Å². The van der Waals surface area contributed by atoms with Crippen LogP contribution in [0.4, 0.5) is 0 Å². The number of benzene rings is 1. The Labute approximate surface area is 137 Å². The van der Waals surface area contributed by atoms with E-state index >= 15 is 0 Å². The lowest BCUT2D eigenvalue weighted by Crippen LogP contribution is -2.52. The second-order valence-electron chi connectivity index (χ2n) is 6.25. The summed E-state index contributed by atoms with van der Waals surface area (Å²) in [7, 11) is 0. The molecule has 5 heteroatoms.